The molecule has 0 radical (unpaired) electrons. The van der Waals surface area contributed by atoms with Crippen molar-refractivity contribution in [3.63, 3.8) is 0 Å². The van der Waals surface area contributed by atoms with Crippen molar-refractivity contribution < 1.29 is 61.4 Å². The Morgan fingerprint density at radius 3 is 2.39 bits per heavy atom. The van der Waals surface area contributed by atoms with Crippen LogP contribution in [0.2, 0.25) is 0 Å². The lowest BCUT2D eigenvalue weighted by Gasteiger charge is -2.26. The van der Waals surface area contributed by atoms with E-state index in [2.05, 4.69) is 13.1 Å². The minimum Gasteiger partial charge on any atom is -0.388 e. The van der Waals surface area contributed by atoms with Crippen LogP contribution in [0.4, 0.5) is 0 Å². The highest BCUT2D eigenvalue weighted by atomic mass is 32.1. The predicted molar refractivity (Wildman–Crippen MR) is 109 cm³/mol. The van der Waals surface area contributed by atoms with Crippen molar-refractivity contribution in [2.45, 2.75) is 24.4 Å². The van der Waals surface area contributed by atoms with Gasteiger partial charge in [0.05, 0.1) is 12.7 Å². The van der Waals surface area contributed by atoms with E-state index >= 15 is 0 Å². The van der Waals surface area contributed by atoms with Crippen molar-refractivity contribution in [2.75, 3.05) is 6.61 Å². The van der Waals surface area contributed by atoms with Gasteiger partial charge in [0.1, 0.15) is 18.3 Å². The van der Waals surface area contributed by atoms with Crippen molar-refractivity contribution in [3.8, 4) is 0 Å². The first-order valence-corrected chi connectivity index (χ1v) is 14.1. The number of thiocarbonyl (C=S) groups is 1. The molecule has 0 saturated carbocycles. The number of hydrogen-bond donors (Lipinski definition) is 6. The molecule has 0 aromatic carbocycles. The molecule has 1 saturated heterocycles. The Morgan fingerprint density at radius 1 is 1.06 bits per heavy atom. The zero-order chi connectivity index (χ0) is 23.2. The van der Waals surface area contributed by atoms with E-state index < -0.39 is 60.4 Å². The van der Waals surface area contributed by atoms with Crippen molar-refractivity contribution in [1.82, 2.24) is 0 Å². The average molecular weight is 538 g/mol. The van der Waals surface area contributed by atoms with E-state index in [4.69, 9.17) is 31.6 Å². The fraction of sp³-hybridized carbons (Fsp3) is 0.462. The Bertz CT molecular complexity index is 1020. The Kier molecular flexibility index (Phi) is 7.57. The van der Waals surface area contributed by atoms with Crippen LogP contribution in [0.3, 0.4) is 0 Å². The monoisotopic (exact) mass is 538 g/mol. The lowest BCUT2D eigenvalue weighted by Crippen LogP contribution is -2.39. The van der Waals surface area contributed by atoms with Gasteiger partial charge in [0.2, 0.25) is 0 Å². The normalized spacial score (nSPS) is 32.5. The van der Waals surface area contributed by atoms with Gasteiger partial charge in [-0.3, -0.25) is 4.52 Å². The summed E-state index contributed by atoms with van der Waals surface area (Å²) in [6, 6.07) is 1.87. The van der Waals surface area contributed by atoms with Gasteiger partial charge >= 0.3 is 23.5 Å². The highest BCUT2D eigenvalue weighted by Crippen LogP contribution is 2.66. The first kappa shape index (κ1) is 25.4. The fourth-order valence-corrected chi connectivity index (χ4v) is 7.42. The zero-order valence-electron chi connectivity index (χ0n) is 15.1. The third kappa shape index (κ3) is 6.24. The van der Waals surface area contributed by atoms with Gasteiger partial charge in [-0.2, -0.15) is 8.62 Å². The van der Waals surface area contributed by atoms with Crippen LogP contribution in [-0.4, -0.2) is 65.7 Å². The topological polar surface area (TPSA) is 210 Å². The van der Waals surface area contributed by atoms with Gasteiger partial charge < -0.3 is 34.5 Å². The maximum absolute atomic E-state index is 11.8. The van der Waals surface area contributed by atoms with Crippen LogP contribution >= 0.6 is 47.0 Å². The van der Waals surface area contributed by atoms with E-state index in [1.54, 1.807) is 12.2 Å². The molecule has 13 nitrogen and oxygen atoms in total. The van der Waals surface area contributed by atoms with E-state index in [9.17, 15) is 28.8 Å². The van der Waals surface area contributed by atoms with E-state index in [1.807, 2.05) is 11.4 Å². The molecular weight excluding hydrogens is 521 g/mol. The number of phosphoric ester groups is 1. The van der Waals surface area contributed by atoms with Crippen LogP contribution < -0.4 is 0 Å². The van der Waals surface area contributed by atoms with Crippen LogP contribution in [0, 0.1) is 5.92 Å². The number of hydrogen-bond acceptors (Lipinski definition) is 11. The van der Waals surface area contributed by atoms with Crippen molar-refractivity contribution >= 4 is 58.0 Å². The maximum Gasteiger partial charge on any atom is 0.490 e. The lowest BCUT2D eigenvalue weighted by molar-refractivity contribution is -0.0262. The molecule has 7 atom stereocenters. The zero-order valence-corrected chi connectivity index (χ0v) is 19.4. The molecule has 0 spiro atoms. The molecule has 1 fully saturated rings. The Balaban J connectivity index is 1.63. The first-order valence-electron chi connectivity index (χ1n) is 8.29. The summed E-state index contributed by atoms with van der Waals surface area (Å²) in [6.45, 7) is -0.883. The van der Waals surface area contributed by atoms with Gasteiger partial charge in [-0.15, -0.1) is 11.3 Å². The Morgan fingerprint density at radius 2 is 1.74 bits per heavy atom. The van der Waals surface area contributed by atoms with E-state index in [0.29, 0.717) is 4.86 Å². The van der Waals surface area contributed by atoms with Gasteiger partial charge in [0.15, 0.2) is 0 Å². The summed E-state index contributed by atoms with van der Waals surface area (Å²) in [5.41, 5.74) is 0.906. The van der Waals surface area contributed by atoms with Crippen LogP contribution in [-0.2, 0) is 31.6 Å². The van der Waals surface area contributed by atoms with E-state index in [-0.39, 0.29) is 0 Å². The molecule has 6 N–H and O–H groups in total. The van der Waals surface area contributed by atoms with Crippen molar-refractivity contribution in [2.24, 2.45) is 5.92 Å². The second kappa shape index (κ2) is 9.22. The number of rotatable bonds is 8. The van der Waals surface area contributed by atoms with Crippen LogP contribution in [0.5, 0.6) is 0 Å². The summed E-state index contributed by atoms with van der Waals surface area (Å²) < 4.78 is 51.0. The number of aliphatic hydroxyl groups excluding tert-OH is 2. The molecule has 2 heterocycles. The fourth-order valence-electron chi connectivity index (χ4n) is 3.04. The highest BCUT2D eigenvalue weighted by molar-refractivity contribution is 7.81. The maximum atomic E-state index is 11.8. The quantitative estimate of drug-likeness (QED) is 0.201. The summed E-state index contributed by atoms with van der Waals surface area (Å²) in [5, 5.41) is 22.4. The SMILES string of the molecule is O=P(O)(O)OP(=O)(O)OP(=O)(O)OC[C@H]1O[C@@H](C2C=Cc3ccsc3C2=S)[C@@H](O)C1O. The van der Waals surface area contributed by atoms with Crippen LogP contribution in [0.1, 0.15) is 10.4 Å². The summed E-state index contributed by atoms with van der Waals surface area (Å²) in [7, 11) is -16.6. The summed E-state index contributed by atoms with van der Waals surface area (Å²) in [6.07, 6.45) is -1.90. The first-order chi connectivity index (χ1) is 14.2. The molecule has 1 aromatic heterocycles. The van der Waals surface area contributed by atoms with E-state index in [1.165, 1.54) is 11.3 Å². The molecule has 174 valence electrons. The minimum atomic E-state index is -5.67. The predicted octanol–water partition coefficient (Wildman–Crippen LogP) is 0.942. The smallest absolute Gasteiger partial charge is 0.388 e. The second-order valence-electron chi connectivity index (χ2n) is 6.46. The third-order valence-electron chi connectivity index (χ3n) is 4.28. The van der Waals surface area contributed by atoms with Crippen molar-refractivity contribution in [1.29, 1.82) is 0 Å². The summed E-state index contributed by atoms with van der Waals surface area (Å²) >= 11 is 6.84. The number of fused-ring (bicyclic) bond motifs is 1. The molecule has 2 aliphatic rings. The van der Waals surface area contributed by atoms with E-state index in [0.717, 1.165) is 10.4 Å². The molecule has 0 bridgehead atoms. The minimum absolute atomic E-state index is 0.484. The average Bonchev–Trinajstić information content (AvgIpc) is 3.17. The standard InChI is InChI=1S/C13H17O13P3S2/c14-9-8(5-23-28(19,20)26-29(21,22)25-27(16,17)18)24-11(10(9)15)7-2-1-6-3-4-31-13(6)12(7)30/h1-4,7-11,14-15H,5H2,(H,19,20)(H,21,22)(H2,16,17,18)/t7?,8-,9?,10+,11+/m1/s1. The Hall–Kier alpha value is -0.180. The third-order valence-corrected chi connectivity index (χ3v) is 9.65. The highest BCUT2D eigenvalue weighted by Gasteiger charge is 2.49. The van der Waals surface area contributed by atoms with Gasteiger partial charge in [-0.25, -0.2) is 13.7 Å². The summed E-state index contributed by atoms with van der Waals surface area (Å²) in [5.74, 6) is -0.581. The molecule has 1 aromatic rings. The molecule has 18 heteroatoms. The number of ether oxygens (including phenoxy) is 1. The number of aliphatic hydroxyl groups is 2. The Labute approximate surface area is 184 Å². The summed E-state index contributed by atoms with van der Waals surface area (Å²) in [4.78, 5) is 37.0. The molecular formula is C13H17O13P3S2. The molecule has 31 heavy (non-hydrogen) atoms. The number of thiophene rings is 1. The molecule has 1 aliphatic carbocycles. The number of phosphoric acid groups is 3. The van der Waals surface area contributed by atoms with Gasteiger partial charge in [0, 0.05) is 15.7 Å². The van der Waals surface area contributed by atoms with Gasteiger partial charge in [0.25, 0.3) is 0 Å². The molecule has 0 amide bonds. The van der Waals surface area contributed by atoms with Gasteiger partial charge in [-0.05, 0) is 17.0 Å². The molecule has 1 aliphatic heterocycles. The molecule has 4 unspecified atom stereocenters. The second-order valence-corrected chi connectivity index (χ2v) is 12.2. The lowest BCUT2D eigenvalue weighted by atomic mass is 9.88. The van der Waals surface area contributed by atoms with Crippen LogP contribution in [0.25, 0.3) is 6.08 Å². The van der Waals surface area contributed by atoms with Gasteiger partial charge in [-0.1, -0.05) is 24.4 Å². The largest absolute Gasteiger partial charge is 0.490 e. The van der Waals surface area contributed by atoms with Crippen molar-refractivity contribution in [3.05, 3.63) is 28.0 Å². The molecule has 3 rings (SSSR count). The van der Waals surface area contributed by atoms with Crippen LogP contribution in [0.15, 0.2) is 17.5 Å².